The second kappa shape index (κ2) is 5.99. The Bertz CT molecular complexity index is 559. The molecule has 0 spiro atoms. The van der Waals surface area contributed by atoms with Crippen LogP contribution in [0.5, 0.6) is 0 Å². The van der Waals surface area contributed by atoms with E-state index in [0.717, 1.165) is 14.7 Å². The fourth-order valence-electron chi connectivity index (χ4n) is 1.77. The zero-order valence-corrected chi connectivity index (χ0v) is 12.3. The Balaban J connectivity index is 2.21. The minimum absolute atomic E-state index is 0.291. The second-order valence-corrected chi connectivity index (χ2v) is 5.61. The van der Waals surface area contributed by atoms with Gasteiger partial charge in [-0.3, -0.25) is 0 Å². The lowest BCUT2D eigenvalue weighted by atomic mass is 10.0. The molecule has 1 atom stereocenters. The first-order chi connectivity index (χ1) is 8.56. The number of aliphatic hydroxyl groups excluding tert-OH is 1. The molecule has 0 aliphatic heterocycles. The van der Waals surface area contributed by atoms with Crippen LogP contribution in [0.1, 0.15) is 17.2 Å². The van der Waals surface area contributed by atoms with Crippen LogP contribution in [0.4, 0.5) is 4.39 Å². The maximum atomic E-state index is 13.1. The Labute approximate surface area is 124 Å². The average molecular weight is 377 g/mol. The van der Waals surface area contributed by atoms with Crippen LogP contribution in [0.2, 0.25) is 5.02 Å². The third kappa shape index (κ3) is 3.43. The Morgan fingerprint density at radius 1 is 1.22 bits per heavy atom. The zero-order valence-electron chi connectivity index (χ0n) is 9.41. The fourth-order valence-corrected chi connectivity index (χ4v) is 2.64. The molecule has 0 amide bonds. The Morgan fingerprint density at radius 3 is 2.72 bits per heavy atom. The SMILES string of the molecule is OC(Cc1cccc(F)c1)c1cc(Cl)ccc1I. The van der Waals surface area contributed by atoms with Gasteiger partial charge in [-0.05, 0) is 64.0 Å². The molecular weight excluding hydrogens is 366 g/mol. The molecule has 2 aromatic rings. The molecule has 4 heteroatoms. The topological polar surface area (TPSA) is 20.2 Å². The minimum atomic E-state index is -0.683. The standard InChI is InChI=1S/C14H11ClFIO/c15-10-4-5-13(17)12(8-10)14(18)7-9-2-1-3-11(16)6-9/h1-6,8,14,18H,7H2. The maximum Gasteiger partial charge on any atom is 0.123 e. The van der Waals surface area contributed by atoms with E-state index in [1.54, 1.807) is 24.3 Å². The summed E-state index contributed by atoms with van der Waals surface area (Å²) in [6.07, 6.45) is -0.314. The molecule has 0 aromatic heterocycles. The van der Waals surface area contributed by atoms with E-state index in [9.17, 15) is 9.50 Å². The highest BCUT2D eigenvalue weighted by Crippen LogP contribution is 2.26. The first-order valence-electron chi connectivity index (χ1n) is 5.44. The van der Waals surface area contributed by atoms with Gasteiger partial charge in [0.1, 0.15) is 5.82 Å². The molecule has 0 aliphatic rings. The summed E-state index contributed by atoms with van der Waals surface area (Å²) in [7, 11) is 0. The molecule has 0 heterocycles. The Hall–Kier alpha value is -0.650. The highest BCUT2D eigenvalue weighted by atomic mass is 127. The largest absolute Gasteiger partial charge is 0.388 e. The number of hydrogen-bond acceptors (Lipinski definition) is 1. The number of aliphatic hydroxyl groups is 1. The smallest absolute Gasteiger partial charge is 0.123 e. The molecule has 0 bridgehead atoms. The van der Waals surface area contributed by atoms with Crippen molar-refractivity contribution in [3.63, 3.8) is 0 Å². The normalized spacial score (nSPS) is 12.4. The van der Waals surface area contributed by atoms with Crippen LogP contribution in [0.3, 0.4) is 0 Å². The van der Waals surface area contributed by atoms with E-state index in [1.807, 2.05) is 6.07 Å². The van der Waals surface area contributed by atoms with Crippen molar-refractivity contribution in [3.05, 3.63) is 68.0 Å². The van der Waals surface area contributed by atoms with Gasteiger partial charge in [0, 0.05) is 15.0 Å². The van der Waals surface area contributed by atoms with Crippen LogP contribution in [-0.4, -0.2) is 5.11 Å². The van der Waals surface area contributed by atoms with Crippen LogP contribution in [0.15, 0.2) is 42.5 Å². The molecule has 18 heavy (non-hydrogen) atoms. The van der Waals surface area contributed by atoms with E-state index in [-0.39, 0.29) is 5.82 Å². The van der Waals surface area contributed by atoms with Crippen molar-refractivity contribution in [3.8, 4) is 0 Å². The molecule has 1 unspecified atom stereocenters. The van der Waals surface area contributed by atoms with Gasteiger partial charge in [0.05, 0.1) is 6.10 Å². The van der Waals surface area contributed by atoms with Gasteiger partial charge in [-0.2, -0.15) is 0 Å². The van der Waals surface area contributed by atoms with Gasteiger partial charge in [0.25, 0.3) is 0 Å². The van der Waals surface area contributed by atoms with Gasteiger partial charge in [0.2, 0.25) is 0 Å². The van der Waals surface area contributed by atoms with Crippen LogP contribution in [0.25, 0.3) is 0 Å². The summed E-state index contributed by atoms with van der Waals surface area (Å²) in [6, 6.07) is 11.6. The summed E-state index contributed by atoms with van der Waals surface area (Å²) < 4.78 is 14.0. The third-order valence-corrected chi connectivity index (χ3v) is 3.85. The maximum absolute atomic E-state index is 13.1. The highest BCUT2D eigenvalue weighted by molar-refractivity contribution is 14.1. The van der Waals surface area contributed by atoms with Gasteiger partial charge >= 0.3 is 0 Å². The molecule has 2 aromatic carbocycles. The molecular formula is C14H11ClFIO. The lowest BCUT2D eigenvalue weighted by Crippen LogP contribution is -2.04. The lowest BCUT2D eigenvalue weighted by molar-refractivity contribution is 0.177. The summed E-state index contributed by atoms with van der Waals surface area (Å²) in [5.74, 6) is -0.291. The van der Waals surface area contributed by atoms with Gasteiger partial charge in [-0.1, -0.05) is 23.7 Å². The van der Waals surface area contributed by atoms with E-state index in [1.165, 1.54) is 12.1 Å². The summed E-state index contributed by atoms with van der Waals surface area (Å²) in [6.45, 7) is 0. The number of hydrogen-bond donors (Lipinski definition) is 1. The summed E-state index contributed by atoms with van der Waals surface area (Å²) >= 11 is 8.06. The van der Waals surface area contributed by atoms with Crippen LogP contribution in [-0.2, 0) is 6.42 Å². The monoisotopic (exact) mass is 376 g/mol. The van der Waals surface area contributed by atoms with Crippen molar-refractivity contribution >= 4 is 34.2 Å². The predicted molar refractivity (Wildman–Crippen MR) is 79.2 cm³/mol. The molecule has 0 saturated heterocycles. The van der Waals surface area contributed by atoms with Crippen molar-refractivity contribution < 1.29 is 9.50 Å². The predicted octanol–water partition coefficient (Wildman–Crippen LogP) is 4.36. The van der Waals surface area contributed by atoms with Crippen LogP contribution < -0.4 is 0 Å². The lowest BCUT2D eigenvalue weighted by Gasteiger charge is -2.13. The zero-order chi connectivity index (χ0) is 13.1. The van der Waals surface area contributed by atoms with Crippen molar-refractivity contribution in [1.29, 1.82) is 0 Å². The molecule has 2 rings (SSSR count). The summed E-state index contributed by atoms with van der Waals surface area (Å²) in [5, 5.41) is 10.8. The molecule has 0 radical (unpaired) electrons. The first-order valence-corrected chi connectivity index (χ1v) is 6.89. The summed E-state index contributed by atoms with van der Waals surface area (Å²) in [5.41, 5.74) is 1.53. The average Bonchev–Trinajstić information content (AvgIpc) is 2.32. The van der Waals surface area contributed by atoms with Gasteiger partial charge in [0.15, 0.2) is 0 Å². The van der Waals surface area contributed by atoms with E-state index in [0.29, 0.717) is 11.4 Å². The second-order valence-electron chi connectivity index (χ2n) is 4.02. The van der Waals surface area contributed by atoms with E-state index in [4.69, 9.17) is 11.6 Å². The van der Waals surface area contributed by atoms with Crippen molar-refractivity contribution in [1.82, 2.24) is 0 Å². The van der Waals surface area contributed by atoms with Crippen molar-refractivity contribution in [2.24, 2.45) is 0 Å². The first kappa shape index (κ1) is 13.8. The molecule has 0 saturated carbocycles. The van der Waals surface area contributed by atoms with Crippen molar-refractivity contribution in [2.45, 2.75) is 12.5 Å². The van der Waals surface area contributed by atoms with E-state index >= 15 is 0 Å². The molecule has 1 nitrogen and oxygen atoms in total. The highest BCUT2D eigenvalue weighted by Gasteiger charge is 2.13. The van der Waals surface area contributed by atoms with Gasteiger partial charge < -0.3 is 5.11 Å². The van der Waals surface area contributed by atoms with E-state index in [2.05, 4.69) is 22.6 Å². The third-order valence-electron chi connectivity index (χ3n) is 2.64. The molecule has 1 N–H and O–H groups in total. The molecule has 0 aliphatic carbocycles. The van der Waals surface area contributed by atoms with E-state index < -0.39 is 6.10 Å². The van der Waals surface area contributed by atoms with Crippen molar-refractivity contribution in [2.75, 3.05) is 0 Å². The fraction of sp³-hybridized carbons (Fsp3) is 0.143. The number of halogens is 3. The quantitative estimate of drug-likeness (QED) is 0.789. The number of rotatable bonds is 3. The Morgan fingerprint density at radius 2 is 2.00 bits per heavy atom. The Kier molecular flexibility index (Phi) is 4.59. The van der Waals surface area contributed by atoms with Crippen LogP contribution in [0, 0.1) is 9.39 Å². The summed E-state index contributed by atoms with van der Waals surface area (Å²) in [4.78, 5) is 0. The van der Waals surface area contributed by atoms with Gasteiger partial charge in [-0.15, -0.1) is 0 Å². The molecule has 94 valence electrons. The van der Waals surface area contributed by atoms with Crippen LogP contribution >= 0.6 is 34.2 Å². The minimum Gasteiger partial charge on any atom is -0.388 e. The molecule has 0 fully saturated rings. The number of benzene rings is 2. The van der Waals surface area contributed by atoms with Gasteiger partial charge in [-0.25, -0.2) is 4.39 Å².